The highest BCUT2D eigenvalue weighted by molar-refractivity contribution is 7.80. The Hall–Kier alpha value is -1.69. The maximum atomic E-state index is 13.5. The van der Waals surface area contributed by atoms with Gasteiger partial charge in [0.1, 0.15) is 16.6 Å². The van der Waals surface area contributed by atoms with E-state index in [4.69, 9.17) is 15.2 Å². The fourth-order valence-corrected chi connectivity index (χ4v) is 1.68. The van der Waals surface area contributed by atoms with Crippen molar-refractivity contribution in [2.75, 3.05) is 6.61 Å². The maximum Gasteiger partial charge on any atom is 0.347 e. The molecule has 17 heavy (non-hydrogen) atoms. The molecule has 1 aromatic rings. The average Bonchev–Trinajstić information content (AvgIpc) is 2.64. The van der Waals surface area contributed by atoms with Crippen LogP contribution in [0.1, 0.15) is 12.0 Å². The van der Waals surface area contributed by atoms with E-state index < -0.39 is 17.9 Å². The number of ether oxygens (including phenoxy) is 2. The van der Waals surface area contributed by atoms with E-state index in [1.54, 1.807) is 0 Å². The summed E-state index contributed by atoms with van der Waals surface area (Å²) in [6.07, 6.45) is -0.192. The van der Waals surface area contributed by atoms with Crippen LogP contribution in [0.2, 0.25) is 0 Å². The predicted molar refractivity (Wildman–Crippen MR) is 62.3 cm³/mol. The van der Waals surface area contributed by atoms with Gasteiger partial charge in [0.25, 0.3) is 0 Å². The van der Waals surface area contributed by atoms with E-state index >= 15 is 0 Å². The first-order chi connectivity index (χ1) is 8.08. The first-order valence-electron chi connectivity index (χ1n) is 5.00. The van der Waals surface area contributed by atoms with Crippen molar-refractivity contribution < 1.29 is 18.7 Å². The minimum Gasteiger partial charge on any atom is -0.478 e. The standard InChI is InChI=1S/C11H10FNO3S/c12-8-5-6(1-2-7(8)10(13)17)16-9-3-4-15-11(9)14/h1-2,5,9H,3-4H2,(H2,13,17). The maximum absolute atomic E-state index is 13.5. The highest BCUT2D eigenvalue weighted by Gasteiger charge is 2.28. The molecule has 2 N–H and O–H groups in total. The number of esters is 1. The molecule has 6 heteroatoms. The highest BCUT2D eigenvalue weighted by Crippen LogP contribution is 2.20. The Balaban J connectivity index is 2.15. The van der Waals surface area contributed by atoms with Crippen LogP contribution in [0.4, 0.5) is 4.39 Å². The van der Waals surface area contributed by atoms with Gasteiger partial charge in [-0.2, -0.15) is 0 Å². The van der Waals surface area contributed by atoms with Crippen LogP contribution in [-0.4, -0.2) is 23.7 Å². The fraction of sp³-hybridized carbons (Fsp3) is 0.273. The highest BCUT2D eigenvalue weighted by atomic mass is 32.1. The summed E-state index contributed by atoms with van der Waals surface area (Å²) in [4.78, 5) is 11.1. The van der Waals surface area contributed by atoms with Gasteiger partial charge in [-0.3, -0.25) is 0 Å². The molecule has 1 aromatic carbocycles. The fourth-order valence-electron chi connectivity index (χ4n) is 1.52. The van der Waals surface area contributed by atoms with Gasteiger partial charge in [0.15, 0.2) is 6.10 Å². The third-order valence-corrected chi connectivity index (χ3v) is 2.59. The molecule has 1 atom stereocenters. The predicted octanol–water partition coefficient (Wildman–Crippen LogP) is 1.15. The van der Waals surface area contributed by atoms with Crippen molar-refractivity contribution in [3.8, 4) is 5.75 Å². The molecule has 2 rings (SSSR count). The van der Waals surface area contributed by atoms with E-state index in [2.05, 4.69) is 12.2 Å². The largest absolute Gasteiger partial charge is 0.478 e. The van der Waals surface area contributed by atoms with Crippen LogP contribution < -0.4 is 10.5 Å². The molecule has 0 aliphatic carbocycles. The van der Waals surface area contributed by atoms with Gasteiger partial charge in [0.05, 0.1) is 6.61 Å². The number of hydrogen-bond donors (Lipinski definition) is 1. The second kappa shape index (κ2) is 4.67. The number of halogens is 1. The van der Waals surface area contributed by atoms with E-state index in [0.29, 0.717) is 13.0 Å². The van der Waals surface area contributed by atoms with Crippen LogP contribution in [-0.2, 0) is 9.53 Å². The zero-order chi connectivity index (χ0) is 12.4. The Bertz CT molecular complexity index is 478. The molecule has 0 bridgehead atoms. The molecule has 0 spiro atoms. The molecule has 1 aliphatic heterocycles. The summed E-state index contributed by atoms with van der Waals surface area (Å²) in [6.45, 7) is 0.330. The van der Waals surface area contributed by atoms with Crippen molar-refractivity contribution in [3.05, 3.63) is 29.6 Å². The van der Waals surface area contributed by atoms with Crippen molar-refractivity contribution >= 4 is 23.2 Å². The number of rotatable bonds is 3. The van der Waals surface area contributed by atoms with Crippen molar-refractivity contribution in [3.63, 3.8) is 0 Å². The molecule has 0 aromatic heterocycles. The first-order valence-corrected chi connectivity index (χ1v) is 5.41. The lowest BCUT2D eigenvalue weighted by atomic mass is 10.2. The molecule has 1 aliphatic rings. The van der Waals surface area contributed by atoms with Crippen molar-refractivity contribution in [1.29, 1.82) is 0 Å². The van der Waals surface area contributed by atoms with Crippen LogP contribution in [0, 0.1) is 5.82 Å². The summed E-state index contributed by atoms with van der Waals surface area (Å²) in [7, 11) is 0. The Kier molecular flexibility index (Phi) is 3.23. The van der Waals surface area contributed by atoms with Crippen LogP contribution in [0.25, 0.3) is 0 Å². The van der Waals surface area contributed by atoms with Crippen LogP contribution in [0.15, 0.2) is 18.2 Å². The molecule has 90 valence electrons. The molecule has 0 saturated carbocycles. The summed E-state index contributed by atoms with van der Waals surface area (Å²) in [5, 5.41) is 0. The molecule has 1 saturated heterocycles. The van der Waals surface area contributed by atoms with Gasteiger partial charge in [-0.15, -0.1) is 0 Å². The van der Waals surface area contributed by atoms with Crippen LogP contribution in [0.5, 0.6) is 5.75 Å². The quantitative estimate of drug-likeness (QED) is 0.648. The van der Waals surface area contributed by atoms with Gasteiger partial charge in [-0.25, -0.2) is 9.18 Å². The second-order valence-corrected chi connectivity index (χ2v) is 4.01. The van der Waals surface area contributed by atoms with Gasteiger partial charge in [-0.1, -0.05) is 12.2 Å². The van der Waals surface area contributed by atoms with E-state index in [1.807, 2.05) is 0 Å². The van der Waals surface area contributed by atoms with Gasteiger partial charge >= 0.3 is 5.97 Å². The lowest BCUT2D eigenvalue weighted by Crippen LogP contribution is -2.22. The Labute approximate surface area is 103 Å². The summed E-state index contributed by atoms with van der Waals surface area (Å²) in [6, 6.07) is 4.09. The van der Waals surface area contributed by atoms with Gasteiger partial charge < -0.3 is 15.2 Å². The number of thiocarbonyl (C=S) groups is 1. The number of carbonyl (C=O) groups is 1. The first kappa shape index (κ1) is 11.8. The van der Waals surface area contributed by atoms with E-state index in [-0.39, 0.29) is 16.3 Å². The van der Waals surface area contributed by atoms with E-state index in [1.165, 1.54) is 12.1 Å². The lowest BCUT2D eigenvalue weighted by molar-refractivity contribution is -0.143. The normalized spacial score (nSPS) is 18.9. The second-order valence-electron chi connectivity index (χ2n) is 3.57. The molecule has 1 unspecified atom stereocenters. The van der Waals surface area contributed by atoms with Crippen LogP contribution in [0.3, 0.4) is 0 Å². The van der Waals surface area contributed by atoms with Gasteiger partial charge in [-0.05, 0) is 12.1 Å². The Morgan fingerprint density at radius 2 is 2.35 bits per heavy atom. The molecular weight excluding hydrogens is 245 g/mol. The van der Waals surface area contributed by atoms with E-state index in [0.717, 1.165) is 6.07 Å². The van der Waals surface area contributed by atoms with Crippen molar-refractivity contribution in [1.82, 2.24) is 0 Å². The summed E-state index contributed by atoms with van der Waals surface area (Å²) >= 11 is 4.68. The molecule has 1 fully saturated rings. The molecule has 4 nitrogen and oxygen atoms in total. The zero-order valence-corrected chi connectivity index (χ0v) is 9.63. The average molecular weight is 255 g/mol. The zero-order valence-electron chi connectivity index (χ0n) is 8.81. The minimum absolute atomic E-state index is 0.0191. The van der Waals surface area contributed by atoms with Crippen LogP contribution >= 0.6 is 12.2 Å². The number of carbonyl (C=O) groups excluding carboxylic acids is 1. The Morgan fingerprint density at radius 3 is 2.88 bits per heavy atom. The smallest absolute Gasteiger partial charge is 0.347 e. The van der Waals surface area contributed by atoms with E-state index in [9.17, 15) is 9.18 Å². The number of nitrogens with two attached hydrogens (primary N) is 1. The number of cyclic esters (lactones) is 1. The monoisotopic (exact) mass is 255 g/mol. The summed E-state index contributed by atoms with van der Waals surface area (Å²) in [5.41, 5.74) is 5.48. The van der Waals surface area contributed by atoms with Gasteiger partial charge in [0, 0.05) is 18.1 Å². The third kappa shape index (κ3) is 2.52. The Morgan fingerprint density at radius 1 is 1.59 bits per heavy atom. The molecule has 1 heterocycles. The summed E-state index contributed by atoms with van der Waals surface area (Å²) < 4.78 is 23.5. The SMILES string of the molecule is NC(=S)c1ccc(OC2CCOC2=O)cc1F. The van der Waals surface area contributed by atoms with Crippen molar-refractivity contribution in [2.45, 2.75) is 12.5 Å². The number of benzene rings is 1. The number of hydrogen-bond acceptors (Lipinski definition) is 4. The molecular formula is C11H10FNO3S. The molecule has 0 radical (unpaired) electrons. The minimum atomic E-state index is -0.662. The third-order valence-electron chi connectivity index (χ3n) is 2.37. The van der Waals surface area contributed by atoms with Gasteiger partial charge in [0.2, 0.25) is 0 Å². The lowest BCUT2D eigenvalue weighted by Gasteiger charge is -2.10. The topological polar surface area (TPSA) is 61.6 Å². The van der Waals surface area contributed by atoms with Crippen molar-refractivity contribution in [2.24, 2.45) is 5.73 Å². The summed E-state index contributed by atoms with van der Waals surface area (Å²) in [5.74, 6) is -0.739. The molecule has 0 amide bonds.